The summed E-state index contributed by atoms with van der Waals surface area (Å²) in [4.78, 5) is 3.57. The number of rotatable bonds is 5. The summed E-state index contributed by atoms with van der Waals surface area (Å²) in [6.07, 6.45) is 2.10. The summed E-state index contributed by atoms with van der Waals surface area (Å²) in [5.74, 6) is 0. The number of benzene rings is 1. The lowest BCUT2D eigenvalue weighted by Gasteiger charge is -2.19. The number of anilines is 1. The van der Waals surface area contributed by atoms with E-state index >= 15 is 0 Å². The molecule has 3 heteroatoms. The van der Waals surface area contributed by atoms with Gasteiger partial charge in [-0.2, -0.15) is 0 Å². The molecule has 0 saturated carbocycles. The number of hydrogen-bond acceptors (Lipinski definition) is 3. The van der Waals surface area contributed by atoms with E-state index in [9.17, 15) is 0 Å². The van der Waals surface area contributed by atoms with Gasteiger partial charge in [0.25, 0.3) is 0 Å². The Balaban J connectivity index is 2.57. The zero-order valence-corrected chi connectivity index (χ0v) is 9.90. The molecule has 0 spiro atoms. The molecule has 0 aliphatic carbocycles. The fraction of sp³-hybridized carbons (Fsp3) is 0.455. The van der Waals surface area contributed by atoms with Gasteiger partial charge in [0, 0.05) is 30.7 Å². The predicted molar refractivity (Wildman–Crippen MR) is 65.4 cm³/mol. The van der Waals surface area contributed by atoms with E-state index in [4.69, 9.17) is 0 Å². The van der Waals surface area contributed by atoms with Gasteiger partial charge >= 0.3 is 0 Å². The van der Waals surface area contributed by atoms with Gasteiger partial charge in [-0.1, -0.05) is 0 Å². The number of hydrogen-bond donors (Lipinski definition) is 1. The minimum absolute atomic E-state index is 1.01. The second-order valence-electron chi connectivity index (χ2n) is 3.22. The van der Waals surface area contributed by atoms with E-state index in [1.54, 1.807) is 11.8 Å². The Hall–Kier alpha value is -0.670. The second kappa shape index (κ2) is 5.94. The molecule has 78 valence electrons. The minimum atomic E-state index is 1.01. The van der Waals surface area contributed by atoms with Crippen molar-refractivity contribution in [2.75, 3.05) is 38.3 Å². The van der Waals surface area contributed by atoms with Gasteiger partial charge in [0.05, 0.1) is 0 Å². The molecule has 1 rings (SSSR count). The van der Waals surface area contributed by atoms with Gasteiger partial charge in [-0.15, -0.1) is 11.8 Å². The molecule has 1 N–H and O–H groups in total. The van der Waals surface area contributed by atoms with Crippen LogP contribution in [-0.2, 0) is 0 Å². The Morgan fingerprint density at radius 2 is 1.93 bits per heavy atom. The third-order valence-electron chi connectivity index (χ3n) is 2.21. The third kappa shape index (κ3) is 3.24. The summed E-state index contributed by atoms with van der Waals surface area (Å²) >= 11 is 1.78. The molecule has 0 bridgehead atoms. The lowest BCUT2D eigenvalue weighted by molar-refractivity contribution is 0.767. The summed E-state index contributed by atoms with van der Waals surface area (Å²) in [6.45, 7) is 2.05. The Labute approximate surface area is 90.7 Å². The molecule has 0 aliphatic rings. The Bertz CT molecular complexity index is 258. The van der Waals surface area contributed by atoms with Gasteiger partial charge in [-0.3, -0.25) is 0 Å². The van der Waals surface area contributed by atoms with Gasteiger partial charge in [0.2, 0.25) is 0 Å². The lowest BCUT2D eigenvalue weighted by atomic mass is 10.3. The molecule has 0 unspecified atom stereocenters. The van der Waals surface area contributed by atoms with Gasteiger partial charge in [0.1, 0.15) is 0 Å². The molecule has 14 heavy (non-hydrogen) atoms. The molecule has 0 atom stereocenters. The Morgan fingerprint density at radius 3 is 2.43 bits per heavy atom. The summed E-state index contributed by atoms with van der Waals surface area (Å²) in [5.41, 5.74) is 1.28. The predicted octanol–water partition coefficient (Wildman–Crippen LogP) is 2.06. The first-order valence-corrected chi connectivity index (χ1v) is 6.00. The van der Waals surface area contributed by atoms with Crippen LogP contribution in [-0.4, -0.2) is 33.4 Å². The number of nitrogens with zero attached hydrogens (tertiary/aromatic N) is 1. The molecule has 1 aromatic rings. The first-order chi connectivity index (χ1) is 6.77. The minimum Gasteiger partial charge on any atom is -0.373 e. The van der Waals surface area contributed by atoms with Crippen LogP contribution in [0.5, 0.6) is 0 Å². The van der Waals surface area contributed by atoms with E-state index in [0.717, 1.165) is 13.1 Å². The van der Waals surface area contributed by atoms with Crippen molar-refractivity contribution in [2.45, 2.75) is 4.90 Å². The highest BCUT2D eigenvalue weighted by Gasteiger charge is 1.99. The normalized spacial score (nSPS) is 10.2. The molecule has 1 aromatic carbocycles. The maximum Gasteiger partial charge on any atom is 0.0364 e. The average molecular weight is 210 g/mol. The molecule has 2 nitrogen and oxygen atoms in total. The highest BCUT2D eigenvalue weighted by atomic mass is 32.2. The van der Waals surface area contributed by atoms with Crippen molar-refractivity contribution in [3.8, 4) is 0 Å². The Kier molecular flexibility index (Phi) is 4.84. The van der Waals surface area contributed by atoms with E-state index in [2.05, 4.69) is 47.8 Å². The van der Waals surface area contributed by atoms with Crippen LogP contribution in [0.15, 0.2) is 29.2 Å². The van der Waals surface area contributed by atoms with Crippen molar-refractivity contribution in [1.82, 2.24) is 5.32 Å². The third-order valence-corrected chi connectivity index (χ3v) is 2.95. The summed E-state index contributed by atoms with van der Waals surface area (Å²) in [6, 6.07) is 8.66. The van der Waals surface area contributed by atoms with E-state index in [0.29, 0.717) is 0 Å². The van der Waals surface area contributed by atoms with E-state index in [-0.39, 0.29) is 0 Å². The number of thioether (sulfide) groups is 1. The molecular weight excluding hydrogens is 192 g/mol. The van der Waals surface area contributed by atoms with Crippen LogP contribution < -0.4 is 10.2 Å². The first kappa shape index (κ1) is 11.4. The summed E-state index contributed by atoms with van der Waals surface area (Å²) < 4.78 is 0. The van der Waals surface area contributed by atoms with Gasteiger partial charge in [-0.25, -0.2) is 0 Å². The van der Waals surface area contributed by atoms with Crippen LogP contribution in [0, 0.1) is 0 Å². The molecule has 0 saturated heterocycles. The maximum absolute atomic E-state index is 3.15. The number of likely N-dealkylation sites (N-methyl/N-ethyl adjacent to an activating group) is 2. The second-order valence-corrected chi connectivity index (χ2v) is 4.10. The van der Waals surface area contributed by atoms with Crippen LogP contribution >= 0.6 is 11.8 Å². The lowest BCUT2D eigenvalue weighted by Crippen LogP contribution is -2.26. The van der Waals surface area contributed by atoms with Gasteiger partial charge < -0.3 is 10.2 Å². The van der Waals surface area contributed by atoms with Crippen LogP contribution in [0.2, 0.25) is 0 Å². The topological polar surface area (TPSA) is 15.3 Å². The van der Waals surface area contributed by atoms with Gasteiger partial charge in [-0.05, 0) is 37.6 Å². The van der Waals surface area contributed by atoms with Gasteiger partial charge in [0.15, 0.2) is 0 Å². The van der Waals surface area contributed by atoms with E-state index < -0.39 is 0 Å². The van der Waals surface area contributed by atoms with Crippen molar-refractivity contribution in [3.63, 3.8) is 0 Å². The van der Waals surface area contributed by atoms with Crippen LogP contribution in [0.1, 0.15) is 0 Å². The van der Waals surface area contributed by atoms with E-state index in [1.165, 1.54) is 10.6 Å². The largest absolute Gasteiger partial charge is 0.373 e. The molecule has 0 fully saturated rings. The standard InChI is InChI=1S/C11H18N2S/c1-12-8-9-13(2)10-4-6-11(14-3)7-5-10/h4-7,12H,8-9H2,1-3H3. The average Bonchev–Trinajstić information content (AvgIpc) is 2.26. The number of nitrogens with one attached hydrogen (secondary N) is 1. The fourth-order valence-corrected chi connectivity index (χ4v) is 1.65. The maximum atomic E-state index is 3.15. The zero-order chi connectivity index (χ0) is 10.4. The SMILES string of the molecule is CNCCN(C)c1ccc(SC)cc1. The molecule has 0 aromatic heterocycles. The highest BCUT2D eigenvalue weighted by Crippen LogP contribution is 2.19. The van der Waals surface area contributed by atoms with Crippen molar-refractivity contribution in [1.29, 1.82) is 0 Å². The highest BCUT2D eigenvalue weighted by molar-refractivity contribution is 7.98. The van der Waals surface area contributed by atoms with E-state index in [1.807, 2.05) is 7.05 Å². The summed E-state index contributed by atoms with van der Waals surface area (Å²) in [5, 5.41) is 3.15. The van der Waals surface area contributed by atoms with Crippen LogP contribution in [0.3, 0.4) is 0 Å². The fourth-order valence-electron chi connectivity index (χ4n) is 1.25. The van der Waals surface area contributed by atoms with Crippen LogP contribution in [0.4, 0.5) is 5.69 Å². The molecule has 0 amide bonds. The van der Waals surface area contributed by atoms with Crippen molar-refractivity contribution < 1.29 is 0 Å². The summed E-state index contributed by atoms with van der Waals surface area (Å²) in [7, 11) is 4.09. The van der Waals surface area contributed by atoms with Crippen molar-refractivity contribution in [2.24, 2.45) is 0 Å². The molecule has 0 heterocycles. The molecular formula is C11H18N2S. The zero-order valence-electron chi connectivity index (χ0n) is 9.08. The smallest absolute Gasteiger partial charge is 0.0364 e. The van der Waals surface area contributed by atoms with Crippen molar-refractivity contribution in [3.05, 3.63) is 24.3 Å². The molecule has 0 radical (unpaired) electrons. The molecule has 0 aliphatic heterocycles. The quantitative estimate of drug-likeness (QED) is 0.749. The monoisotopic (exact) mass is 210 g/mol. The van der Waals surface area contributed by atoms with Crippen molar-refractivity contribution >= 4 is 17.4 Å². The Morgan fingerprint density at radius 1 is 1.29 bits per heavy atom. The first-order valence-electron chi connectivity index (χ1n) is 4.77. The van der Waals surface area contributed by atoms with Crippen LogP contribution in [0.25, 0.3) is 0 Å².